The lowest BCUT2D eigenvalue weighted by Crippen LogP contribution is -2.50. The second kappa shape index (κ2) is 5.31. The maximum absolute atomic E-state index is 3.36. The van der Waals surface area contributed by atoms with Gasteiger partial charge in [-0.2, -0.15) is 0 Å². The average Bonchev–Trinajstić information content (AvgIpc) is 2.28. The zero-order valence-corrected chi connectivity index (χ0v) is 11.1. The van der Waals surface area contributed by atoms with Gasteiger partial charge in [0.1, 0.15) is 0 Å². The molecule has 90 valence electrons. The molecule has 0 saturated carbocycles. The van der Waals surface area contributed by atoms with Gasteiger partial charge in [0.15, 0.2) is 0 Å². The first-order chi connectivity index (χ1) is 7.02. The molecule has 2 unspecified atom stereocenters. The lowest BCUT2D eigenvalue weighted by molar-refractivity contribution is 0.0752. The van der Waals surface area contributed by atoms with Gasteiger partial charge in [-0.15, -0.1) is 0 Å². The first-order valence-electron chi connectivity index (χ1n) is 6.44. The number of rotatable bonds is 4. The predicted octanol–water partition coefficient (Wildman–Crippen LogP) is 2.49. The summed E-state index contributed by atoms with van der Waals surface area (Å²) in [4.78, 5) is 2.64. The van der Waals surface area contributed by atoms with Gasteiger partial charge in [0.2, 0.25) is 0 Å². The molecule has 0 aliphatic carbocycles. The topological polar surface area (TPSA) is 15.3 Å². The Hall–Kier alpha value is -0.0800. The van der Waals surface area contributed by atoms with Gasteiger partial charge in [0.05, 0.1) is 0 Å². The summed E-state index contributed by atoms with van der Waals surface area (Å²) in [5.41, 5.74) is 0.610. The Bertz CT molecular complexity index is 183. The fourth-order valence-corrected chi connectivity index (χ4v) is 2.38. The highest BCUT2D eigenvalue weighted by molar-refractivity contribution is 4.86. The largest absolute Gasteiger partial charge is 0.316 e. The molecule has 2 heteroatoms. The molecule has 0 aromatic rings. The van der Waals surface area contributed by atoms with Gasteiger partial charge < -0.3 is 5.32 Å². The Morgan fingerprint density at radius 3 is 2.20 bits per heavy atom. The van der Waals surface area contributed by atoms with E-state index in [2.05, 4.69) is 45.0 Å². The molecule has 0 aromatic carbocycles. The van der Waals surface area contributed by atoms with E-state index in [1.807, 2.05) is 0 Å². The second-order valence-electron chi connectivity index (χ2n) is 5.52. The van der Waals surface area contributed by atoms with Crippen LogP contribution in [0.25, 0.3) is 0 Å². The smallest absolute Gasteiger partial charge is 0.0218 e. The summed E-state index contributed by atoms with van der Waals surface area (Å²) in [6, 6.07) is 1.26. The fourth-order valence-electron chi connectivity index (χ4n) is 2.38. The number of hydrogen-bond donors (Lipinski definition) is 1. The summed E-state index contributed by atoms with van der Waals surface area (Å²) < 4.78 is 0. The van der Waals surface area contributed by atoms with Crippen molar-refractivity contribution in [2.45, 2.75) is 59.0 Å². The Morgan fingerprint density at radius 2 is 1.80 bits per heavy atom. The molecular formula is C13H28N2. The maximum atomic E-state index is 3.36. The van der Waals surface area contributed by atoms with Crippen molar-refractivity contribution in [3.8, 4) is 0 Å². The zero-order chi connectivity index (χ0) is 11.5. The summed E-state index contributed by atoms with van der Waals surface area (Å²) >= 11 is 0. The molecule has 1 fully saturated rings. The first-order valence-corrected chi connectivity index (χ1v) is 6.44. The minimum absolute atomic E-state index is 0.594. The minimum atomic E-state index is 0.594. The number of piperidine rings is 1. The third-order valence-electron chi connectivity index (χ3n) is 4.61. The molecule has 0 aromatic heterocycles. The third-order valence-corrected chi connectivity index (χ3v) is 4.61. The second-order valence-corrected chi connectivity index (χ2v) is 5.52. The molecule has 1 saturated heterocycles. The summed E-state index contributed by atoms with van der Waals surface area (Å²) in [7, 11) is 2.06. The van der Waals surface area contributed by atoms with E-state index in [0.717, 1.165) is 0 Å². The maximum Gasteiger partial charge on any atom is 0.0218 e. The van der Waals surface area contributed by atoms with Crippen LogP contribution in [0.1, 0.15) is 47.0 Å². The summed E-state index contributed by atoms with van der Waals surface area (Å²) in [5, 5.41) is 3.36. The van der Waals surface area contributed by atoms with Crippen LogP contribution in [-0.2, 0) is 0 Å². The molecule has 0 radical (unpaired) electrons. The van der Waals surface area contributed by atoms with E-state index in [1.165, 1.54) is 32.4 Å². The van der Waals surface area contributed by atoms with Gasteiger partial charge >= 0.3 is 0 Å². The highest BCUT2D eigenvalue weighted by Crippen LogP contribution is 2.34. The van der Waals surface area contributed by atoms with Crippen molar-refractivity contribution < 1.29 is 0 Å². The first kappa shape index (κ1) is 13.0. The van der Waals surface area contributed by atoms with Crippen LogP contribution in [0.15, 0.2) is 0 Å². The molecule has 1 aliphatic rings. The number of nitrogens with zero attached hydrogens (tertiary/aromatic N) is 1. The van der Waals surface area contributed by atoms with E-state index in [9.17, 15) is 0 Å². The molecule has 0 bridgehead atoms. The van der Waals surface area contributed by atoms with Gasteiger partial charge in [-0.1, -0.05) is 20.3 Å². The number of likely N-dealkylation sites (N-methyl/N-ethyl adjacent to an activating group) is 1. The molecule has 2 atom stereocenters. The normalized spacial score (nSPS) is 26.2. The molecular weight excluding hydrogens is 184 g/mol. The number of hydrogen-bond acceptors (Lipinski definition) is 2. The summed E-state index contributed by atoms with van der Waals surface area (Å²) in [5.74, 6) is 0. The van der Waals surface area contributed by atoms with Crippen LogP contribution in [-0.4, -0.2) is 37.1 Å². The van der Waals surface area contributed by atoms with Crippen molar-refractivity contribution in [1.82, 2.24) is 10.2 Å². The van der Waals surface area contributed by atoms with Crippen molar-refractivity contribution in [1.29, 1.82) is 0 Å². The molecule has 1 heterocycles. The van der Waals surface area contributed by atoms with Crippen LogP contribution in [0.5, 0.6) is 0 Å². The number of nitrogens with one attached hydrogen (secondary N) is 1. The quantitative estimate of drug-likeness (QED) is 0.770. The van der Waals surface area contributed by atoms with E-state index in [0.29, 0.717) is 17.5 Å². The zero-order valence-electron chi connectivity index (χ0n) is 11.1. The van der Waals surface area contributed by atoms with Crippen LogP contribution < -0.4 is 5.32 Å². The van der Waals surface area contributed by atoms with Crippen molar-refractivity contribution >= 4 is 0 Å². The van der Waals surface area contributed by atoms with E-state index >= 15 is 0 Å². The van der Waals surface area contributed by atoms with Crippen LogP contribution >= 0.6 is 0 Å². The van der Waals surface area contributed by atoms with Gasteiger partial charge in [-0.05, 0) is 52.2 Å². The molecule has 1 rings (SSSR count). The number of likely N-dealkylation sites (tertiary alicyclic amines) is 1. The lowest BCUT2D eigenvalue weighted by atomic mass is 9.78. The van der Waals surface area contributed by atoms with Crippen LogP contribution in [0.4, 0.5) is 0 Å². The van der Waals surface area contributed by atoms with E-state index in [4.69, 9.17) is 0 Å². The van der Waals surface area contributed by atoms with Crippen LogP contribution in [0.2, 0.25) is 0 Å². The van der Waals surface area contributed by atoms with E-state index in [1.54, 1.807) is 0 Å². The van der Waals surface area contributed by atoms with Gasteiger partial charge in [-0.3, -0.25) is 4.90 Å². The summed E-state index contributed by atoms with van der Waals surface area (Å²) in [6.45, 7) is 11.9. The SMILES string of the molecule is CCC1(C)CCN(C(C)C(C)NC)CC1. The molecule has 1 aliphatic heterocycles. The Kier molecular flexibility index (Phi) is 4.60. The highest BCUT2D eigenvalue weighted by Gasteiger charge is 2.31. The van der Waals surface area contributed by atoms with Crippen molar-refractivity contribution in [3.05, 3.63) is 0 Å². The highest BCUT2D eigenvalue weighted by atomic mass is 15.2. The van der Waals surface area contributed by atoms with Crippen molar-refractivity contribution in [2.75, 3.05) is 20.1 Å². The van der Waals surface area contributed by atoms with E-state index < -0.39 is 0 Å². The molecule has 0 spiro atoms. The Balaban J connectivity index is 2.43. The van der Waals surface area contributed by atoms with Crippen LogP contribution in [0.3, 0.4) is 0 Å². The minimum Gasteiger partial charge on any atom is -0.316 e. The summed E-state index contributed by atoms with van der Waals surface area (Å²) in [6.07, 6.45) is 4.06. The Labute approximate surface area is 95.4 Å². The van der Waals surface area contributed by atoms with Gasteiger partial charge in [0.25, 0.3) is 0 Å². The monoisotopic (exact) mass is 212 g/mol. The molecule has 1 N–H and O–H groups in total. The fraction of sp³-hybridized carbons (Fsp3) is 1.00. The van der Waals surface area contributed by atoms with Gasteiger partial charge in [0, 0.05) is 12.1 Å². The molecule has 0 amide bonds. The van der Waals surface area contributed by atoms with Crippen molar-refractivity contribution in [2.24, 2.45) is 5.41 Å². The molecule has 2 nitrogen and oxygen atoms in total. The third kappa shape index (κ3) is 3.18. The lowest BCUT2D eigenvalue weighted by Gasteiger charge is -2.43. The van der Waals surface area contributed by atoms with Crippen molar-refractivity contribution in [3.63, 3.8) is 0 Å². The van der Waals surface area contributed by atoms with Crippen LogP contribution in [0, 0.1) is 5.41 Å². The molecule has 15 heavy (non-hydrogen) atoms. The van der Waals surface area contributed by atoms with E-state index in [-0.39, 0.29) is 0 Å². The average molecular weight is 212 g/mol. The van der Waals surface area contributed by atoms with Gasteiger partial charge in [-0.25, -0.2) is 0 Å². The Morgan fingerprint density at radius 1 is 1.27 bits per heavy atom. The predicted molar refractivity (Wildman–Crippen MR) is 67.2 cm³/mol. The standard InChI is InChI=1S/C13H28N2/c1-6-13(4)7-9-15(10-8-13)12(3)11(2)14-5/h11-12,14H,6-10H2,1-5H3.